The molecule has 0 N–H and O–H groups in total. The summed E-state index contributed by atoms with van der Waals surface area (Å²) in [7, 11) is -4.94. The average Bonchev–Trinajstić information content (AvgIpc) is 3.32. The van der Waals surface area contributed by atoms with Gasteiger partial charge in [-0.15, -0.1) is 23.1 Å². The van der Waals surface area contributed by atoms with Crippen molar-refractivity contribution in [2.24, 2.45) is 0 Å². The Labute approximate surface area is 407 Å². The van der Waals surface area contributed by atoms with Gasteiger partial charge in [0.25, 0.3) is 0 Å². The zero-order valence-electron chi connectivity index (χ0n) is 38.0. The Morgan fingerprint density at radius 1 is 0.552 bits per heavy atom. The van der Waals surface area contributed by atoms with E-state index in [-0.39, 0.29) is 25.9 Å². The van der Waals surface area contributed by atoms with Gasteiger partial charge in [-0.3, -0.25) is 0 Å². The predicted octanol–water partition coefficient (Wildman–Crippen LogP) is -2.09. The first kappa shape index (κ1) is 47.3. The monoisotopic (exact) mass is 962 g/mol. The lowest BCUT2D eigenvalue weighted by atomic mass is 9.85. The molecular formula is C53H57Cl2N5O6S. The molecule has 0 aliphatic carbocycles. The molecule has 14 rings (SSSR count). The molecule has 10 aliphatic rings. The summed E-state index contributed by atoms with van der Waals surface area (Å²) in [5, 5.41) is 15.6. The third-order valence-electron chi connectivity index (χ3n) is 15.3. The maximum Gasteiger partial charge on any atom is 0.210 e. The van der Waals surface area contributed by atoms with E-state index in [1.54, 1.807) is 11.1 Å². The highest BCUT2D eigenvalue weighted by Crippen LogP contribution is 2.48. The van der Waals surface area contributed by atoms with Gasteiger partial charge in [-0.05, 0) is 119 Å². The molecule has 0 bridgehead atoms. The second-order valence-corrected chi connectivity index (χ2v) is 19.8. The molecule has 350 valence electrons. The molecule has 0 atom stereocenters. The molecule has 0 spiro atoms. The lowest BCUT2D eigenvalue weighted by Gasteiger charge is -2.39. The summed E-state index contributed by atoms with van der Waals surface area (Å²) in [5.74, 6) is 4.30. The Morgan fingerprint density at radius 2 is 1.00 bits per heavy atom. The van der Waals surface area contributed by atoms with Gasteiger partial charge >= 0.3 is 0 Å². The van der Waals surface area contributed by atoms with Gasteiger partial charge in [0.2, 0.25) is 10.7 Å². The van der Waals surface area contributed by atoms with E-state index in [1.807, 2.05) is 0 Å². The SMILES string of the molecule is C#[12CH].C1=c2cc3c4c(c2Oc2c1cc1c5c2CCCN5CCC1)CCC[N+]=4CCC3.S.[15N]#[12C]C1=c2cc3c4c(c2Oc2c1cc1c5c2CCCN5CCC1)CCC[N+]=4CCC3.[Cl-].[O-][Cl+3]([O-])([O-])[O-]. The van der Waals surface area contributed by atoms with Crippen LogP contribution in [0.4, 0.5) is 11.4 Å². The van der Waals surface area contributed by atoms with Crippen LogP contribution in [0.3, 0.4) is 0 Å². The number of nitriles is 1. The highest BCUT2D eigenvalue weighted by atomic mass is 35.7. The minimum atomic E-state index is -4.94. The van der Waals surface area contributed by atoms with Crippen molar-refractivity contribution < 1.29 is 50.8 Å². The van der Waals surface area contributed by atoms with Gasteiger partial charge in [0, 0.05) is 107 Å². The highest BCUT2D eigenvalue weighted by molar-refractivity contribution is 7.59. The number of nitrogens with zero attached hydrogens (tertiary/aromatic N) is 5. The molecule has 0 saturated carbocycles. The molecule has 0 saturated heterocycles. The predicted molar refractivity (Wildman–Crippen MR) is 249 cm³/mol. The van der Waals surface area contributed by atoms with Crippen molar-refractivity contribution in [1.82, 2.24) is 9.15 Å². The molecule has 0 fully saturated rings. The summed E-state index contributed by atoms with van der Waals surface area (Å²) < 4.78 is 52.8. The Morgan fingerprint density at radius 3 is 1.57 bits per heavy atom. The number of terminal acetylenes is 1. The van der Waals surface area contributed by atoms with Crippen molar-refractivity contribution in [3.63, 3.8) is 0 Å². The molecule has 67 heavy (non-hydrogen) atoms. The quantitative estimate of drug-likeness (QED) is 0.0970. The fraction of sp³-hybridized carbons (Fsp3) is 0.453. The molecule has 10 heterocycles. The van der Waals surface area contributed by atoms with Gasteiger partial charge in [-0.25, -0.2) is 27.8 Å². The third-order valence-corrected chi connectivity index (χ3v) is 15.3. The summed E-state index contributed by atoms with van der Waals surface area (Å²) in [6.07, 6.45) is 29.4. The first-order chi connectivity index (χ1) is 31.7. The zero-order chi connectivity index (χ0) is 44.6. The van der Waals surface area contributed by atoms with Crippen LogP contribution in [0, 0.1) is 34.4 Å². The molecule has 0 radical (unpaired) electrons. The van der Waals surface area contributed by atoms with E-state index in [4.69, 9.17) is 28.1 Å². The Bertz CT molecular complexity index is 3010. The number of hydrogen-bond donors (Lipinski definition) is 0. The topological polar surface area (TPSA) is 147 Å². The van der Waals surface area contributed by atoms with Crippen molar-refractivity contribution in [2.45, 2.75) is 103 Å². The fourth-order valence-corrected chi connectivity index (χ4v) is 13.1. The van der Waals surface area contributed by atoms with Crippen molar-refractivity contribution in [3.05, 3.63) is 101 Å². The lowest BCUT2D eigenvalue weighted by molar-refractivity contribution is -2.00. The molecule has 4 aromatic carbocycles. The highest BCUT2D eigenvalue weighted by Gasteiger charge is 2.36. The Hall–Kier alpha value is -4.76. The van der Waals surface area contributed by atoms with Crippen LogP contribution in [0.25, 0.3) is 11.6 Å². The second kappa shape index (κ2) is 19.0. The zero-order valence-corrected chi connectivity index (χ0v) is 40.5. The Balaban J connectivity index is 0.000000144. The van der Waals surface area contributed by atoms with Crippen molar-refractivity contribution in [2.75, 3.05) is 62.2 Å². The van der Waals surface area contributed by atoms with Gasteiger partial charge in [-0.1, -0.05) is 0 Å². The van der Waals surface area contributed by atoms with E-state index in [0.29, 0.717) is 0 Å². The van der Waals surface area contributed by atoms with Crippen molar-refractivity contribution >= 4 is 36.5 Å². The van der Waals surface area contributed by atoms with Crippen molar-refractivity contribution in [3.8, 4) is 41.9 Å². The number of benzene rings is 4. The van der Waals surface area contributed by atoms with E-state index < -0.39 is 10.2 Å². The third kappa shape index (κ3) is 8.27. The van der Waals surface area contributed by atoms with Crippen LogP contribution < -0.4 is 80.6 Å². The minimum absolute atomic E-state index is 0. The van der Waals surface area contributed by atoms with E-state index in [9.17, 15) is 5.26 Å². The van der Waals surface area contributed by atoms with Gasteiger partial charge in [-0.2, -0.15) is 18.8 Å². The van der Waals surface area contributed by atoms with Gasteiger partial charge in [0.05, 0.1) is 16.7 Å². The summed E-state index contributed by atoms with van der Waals surface area (Å²) in [5.41, 5.74) is 17.7. The van der Waals surface area contributed by atoms with Crippen LogP contribution in [0.2, 0.25) is 0 Å². The van der Waals surface area contributed by atoms with E-state index in [2.05, 4.69) is 68.2 Å². The molecule has 0 amide bonds. The van der Waals surface area contributed by atoms with Crippen LogP contribution in [0.1, 0.15) is 107 Å². The van der Waals surface area contributed by atoms with E-state index in [1.165, 1.54) is 168 Å². The number of halogens is 2. The number of rotatable bonds is 0. The van der Waals surface area contributed by atoms with Crippen LogP contribution >= 0.6 is 13.5 Å². The standard InChI is InChI=1S/C26H26N3O.C25H27N2O.C2H2.ClHO4.ClH.H2S/c27-15-22-20-13-16-5-1-9-28-11-3-7-18(23(16)28)25(20)30-26-19-8-4-12-29-10-2-6-17(24(19)29)14-21(22)26;1-5-16-13-18-15-19-14-17-6-2-10-27-12-4-8-21(23(17)27)25(19)28-24(18)20-7-3-11-26(9-1)22(16)20;1-2;2-1(3,4)5;;/h13-14H,1-12H2;13-15H,1-12H2;1-2H;(H,2,3,4,5);1H;1H2/q2*+1;;;;/p-2/i15+0,27+1;;1+0;;;. The normalized spacial score (nSPS) is 18.9. The molecule has 14 heteroatoms. The number of aryl methyl sites for hydroxylation is 4. The molecule has 0 unspecified atom stereocenters. The number of hydrogen-bond acceptors (Lipinski definition) is 9. The molecule has 4 aromatic rings. The fourth-order valence-electron chi connectivity index (χ4n) is 13.1. The summed E-state index contributed by atoms with van der Waals surface area (Å²) >= 11 is 0. The van der Waals surface area contributed by atoms with Gasteiger partial charge in [0.1, 0.15) is 55.2 Å². The molecule has 11 nitrogen and oxygen atoms in total. The Kier molecular flexibility index (Phi) is 13.4. The summed E-state index contributed by atoms with van der Waals surface area (Å²) in [6.45, 7) is 9.46. The number of fused-ring (bicyclic) bond motifs is 8. The van der Waals surface area contributed by atoms with Crippen LogP contribution in [0.15, 0.2) is 24.3 Å². The number of anilines is 2. The first-order valence-electron chi connectivity index (χ1n) is 23.9. The van der Waals surface area contributed by atoms with Gasteiger partial charge < -0.3 is 31.7 Å². The number of ether oxygens (including phenoxy) is 2. The first-order valence-corrected chi connectivity index (χ1v) is 25.1. The van der Waals surface area contributed by atoms with Crippen LogP contribution in [-0.4, -0.2) is 52.4 Å². The summed E-state index contributed by atoms with van der Waals surface area (Å²) in [4.78, 5) is 5.18. The molecule has 0 aromatic heterocycles. The van der Waals surface area contributed by atoms with Gasteiger partial charge in [0.15, 0.2) is 0 Å². The van der Waals surface area contributed by atoms with E-state index in [0.717, 1.165) is 92.6 Å². The maximum atomic E-state index is 10.3. The van der Waals surface area contributed by atoms with Crippen LogP contribution in [0.5, 0.6) is 23.0 Å². The lowest BCUT2D eigenvalue weighted by Crippen LogP contribution is -3.00. The smallest absolute Gasteiger partial charge is 0.210 e. The largest absolute Gasteiger partial charge is 1.00 e. The van der Waals surface area contributed by atoms with E-state index >= 15 is 0 Å². The molecule has 10 aliphatic heterocycles. The maximum absolute atomic E-state index is 10.3. The minimum Gasteiger partial charge on any atom is -1.00 e. The summed E-state index contributed by atoms with van der Waals surface area (Å²) in [6, 6.07) is 12.0. The average molecular weight is 964 g/mol. The van der Waals surface area contributed by atoms with Crippen molar-refractivity contribution in [1.29, 1.82) is 5.26 Å². The second-order valence-electron chi connectivity index (χ2n) is 19.0. The van der Waals surface area contributed by atoms with Crippen LogP contribution in [-0.2, 0) is 51.4 Å². The molecular weight excluding hydrogens is 907 g/mol.